The van der Waals surface area contributed by atoms with E-state index in [1.165, 1.54) is 17.4 Å². The highest BCUT2D eigenvalue weighted by Gasteiger charge is 2.08. The van der Waals surface area contributed by atoms with Gasteiger partial charge in [0, 0.05) is 33.6 Å². The summed E-state index contributed by atoms with van der Waals surface area (Å²) >= 11 is 13.6. The number of nitrogens with one attached hydrogen (secondary N) is 1. The summed E-state index contributed by atoms with van der Waals surface area (Å²) in [6.45, 7) is 2.01. The van der Waals surface area contributed by atoms with Crippen LogP contribution in [0.4, 0.5) is 5.13 Å². The fraction of sp³-hybridized carbons (Fsp3) is 0.100. The van der Waals surface area contributed by atoms with Gasteiger partial charge < -0.3 is 0 Å². The van der Waals surface area contributed by atoms with Crippen LogP contribution in [0.2, 0.25) is 10.0 Å². The van der Waals surface area contributed by atoms with E-state index in [2.05, 4.69) is 10.3 Å². The summed E-state index contributed by atoms with van der Waals surface area (Å²) in [4.78, 5) is 17.3. The van der Waals surface area contributed by atoms with Crippen molar-refractivity contribution in [1.82, 2.24) is 4.98 Å². The summed E-state index contributed by atoms with van der Waals surface area (Å²) in [6.07, 6.45) is 5.64. The predicted octanol–water partition coefficient (Wildman–Crippen LogP) is 6.00. The van der Waals surface area contributed by atoms with Crippen LogP contribution in [0.5, 0.6) is 0 Å². The first-order chi connectivity index (χ1) is 12.5. The highest BCUT2D eigenvalue weighted by molar-refractivity contribution is 7.15. The second-order valence-electron chi connectivity index (χ2n) is 5.78. The number of nitrogens with zero attached hydrogens (tertiary/aromatic N) is 1. The van der Waals surface area contributed by atoms with Crippen LogP contribution in [-0.2, 0) is 11.2 Å². The van der Waals surface area contributed by atoms with Crippen molar-refractivity contribution in [3.63, 3.8) is 0 Å². The third-order valence-electron chi connectivity index (χ3n) is 3.63. The molecule has 3 rings (SSSR count). The maximum Gasteiger partial charge on any atom is 0.250 e. The van der Waals surface area contributed by atoms with Gasteiger partial charge in [-0.1, -0.05) is 53.0 Å². The third kappa shape index (κ3) is 5.18. The van der Waals surface area contributed by atoms with Crippen LogP contribution >= 0.6 is 34.5 Å². The maximum absolute atomic E-state index is 12.1. The van der Waals surface area contributed by atoms with E-state index in [1.807, 2.05) is 37.3 Å². The first-order valence-corrected chi connectivity index (χ1v) is 9.51. The van der Waals surface area contributed by atoms with E-state index < -0.39 is 0 Å². The Hall–Kier alpha value is -2.14. The number of carbonyl (C=O) groups is 1. The molecule has 0 atom stereocenters. The van der Waals surface area contributed by atoms with Gasteiger partial charge in [-0.3, -0.25) is 10.1 Å². The molecular formula is C20H16Cl2N2OS. The topological polar surface area (TPSA) is 42.0 Å². The molecular weight excluding hydrogens is 387 g/mol. The highest BCUT2D eigenvalue weighted by Crippen LogP contribution is 2.27. The minimum absolute atomic E-state index is 0.215. The van der Waals surface area contributed by atoms with E-state index >= 15 is 0 Å². The number of hydrogen-bond donors (Lipinski definition) is 1. The molecule has 132 valence electrons. The number of aryl methyl sites for hydroxylation is 1. The number of anilines is 1. The summed E-state index contributed by atoms with van der Waals surface area (Å²) in [6, 6.07) is 13.3. The van der Waals surface area contributed by atoms with E-state index in [0.29, 0.717) is 21.6 Å². The van der Waals surface area contributed by atoms with E-state index in [-0.39, 0.29) is 5.91 Å². The van der Waals surface area contributed by atoms with Crippen molar-refractivity contribution in [1.29, 1.82) is 0 Å². The van der Waals surface area contributed by atoms with Crippen molar-refractivity contribution in [3.8, 4) is 0 Å². The molecule has 1 heterocycles. The van der Waals surface area contributed by atoms with Gasteiger partial charge in [0.2, 0.25) is 5.91 Å². The predicted molar refractivity (Wildman–Crippen MR) is 110 cm³/mol. The summed E-state index contributed by atoms with van der Waals surface area (Å²) in [5, 5.41) is 4.64. The lowest BCUT2D eigenvalue weighted by molar-refractivity contribution is -0.111. The first kappa shape index (κ1) is 18.6. The Bertz CT molecular complexity index is 966. The minimum atomic E-state index is -0.215. The van der Waals surface area contributed by atoms with Crippen molar-refractivity contribution < 1.29 is 4.79 Å². The zero-order valence-electron chi connectivity index (χ0n) is 14.0. The zero-order valence-corrected chi connectivity index (χ0v) is 16.3. The lowest BCUT2D eigenvalue weighted by Gasteiger charge is -2.02. The number of thiazole rings is 1. The Morgan fingerprint density at radius 1 is 1.23 bits per heavy atom. The number of carbonyl (C=O) groups excluding carboxylic acids is 1. The van der Waals surface area contributed by atoms with Crippen LogP contribution in [0.15, 0.2) is 54.7 Å². The second kappa shape index (κ2) is 8.49. The molecule has 6 heteroatoms. The quantitative estimate of drug-likeness (QED) is 0.531. The van der Waals surface area contributed by atoms with Gasteiger partial charge in [-0.25, -0.2) is 4.98 Å². The molecule has 3 aromatic rings. The number of benzene rings is 2. The second-order valence-corrected chi connectivity index (χ2v) is 7.74. The van der Waals surface area contributed by atoms with Gasteiger partial charge in [0.25, 0.3) is 0 Å². The van der Waals surface area contributed by atoms with Gasteiger partial charge in [-0.05, 0) is 42.3 Å². The summed E-state index contributed by atoms with van der Waals surface area (Å²) in [7, 11) is 0. The van der Waals surface area contributed by atoms with Crippen LogP contribution in [0.25, 0.3) is 6.08 Å². The fourth-order valence-corrected chi connectivity index (χ4v) is 3.62. The van der Waals surface area contributed by atoms with E-state index in [0.717, 1.165) is 21.6 Å². The molecule has 26 heavy (non-hydrogen) atoms. The Morgan fingerprint density at radius 3 is 2.88 bits per heavy atom. The lowest BCUT2D eigenvalue weighted by Crippen LogP contribution is -2.07. The van der Waals surface area contributed by atoms with Crippen molar-refractivity contribution in [2.45, 2.75) is 13.3 Å². The van der Waals surface area contributed by atoms with Gasteiger partial charge in [0.1, 0.15) is 0 Å². The number of amides is 1. The zero-order chi connectivity index (χ0) is 18.5. The molecule has 0 aliphatic rings. The third-order valence-corrected chi connectivity index (χ3v) is 5.14. The summed E-state index contributed by atoms with van der Waals surface area (Å²) < 4.78 is 0. The van der Waals surface area contributed by atoms with Crippen molar-refractivity contribution in [2.75, 3.05) is 5.32 Å². The van der Waals surface area contributed by atoms with Gasteiger partial charge in [0.05, 0.1) is 0 Å². The summed E-state index contributed by atoms with van der Waals surface area (Å²) in [5.41, 5.74) is 3.06. The van der Waals surface area contributed by atoms with Gasteiger partial charge in [-0.15, -0.1) is 11.3 Å². The molecule has 3 nitrogen and oxygen atoms in total. The Labute approximate surface area is 166 Å². The molecule has 1 amide bonds. The molecule has 0 spiro atoms. The molecule has 0 saturated heterocycles. The van der Waals surface area contributed by atoms with Crippen molar-refractivity contribution >= 4 is 51.7 Å². The van der Waals surface area contributed by atoms with Crippen LogP contribution in [0.1, 0.15) is 21.6 Å². The van der Waals surface area contributed by atoms with Gasteiger partial charge >= 0.3 is 0 Å². The fourth-order valence-electron chi connectivity index (χ4n) is 2.41. The molecule has 0 aliphatic carbocycles. The average molecular weight is 403 g/mol. The number of aromatic nitrogens is 1. The smallest absolute Gasteiger partial charge is 0.250 e. The molecule has 2 aromatic carbocycles. The van der Waals surface area contributed by atoms with Gasteiger partial charge in [0.15, 0.2) is 5.13 Å². The molecule has 1 N–H and O–H groups in total. The van der Waals surface area contributed by atoms with Crippen LogP contribution in [0, 0.1) is 6.92 Å². The average Bonchev–Trinajstić information content (AvgIpc) is 3.03. The lowest BCUT2D eigenvalue weighted by atomic mass is 10.1. The van der Waals surface area contributed by atoms with E-state index in [4.69, 9.17) is 23.2 Å². The van der Waals surface area contributed by atoms with Gasteiger partial charge in [-0.2, -0.15) is 0 Å². The number of hydrogen-bond acceptors (Lipinski definition) is 3. The molecule has 0 bridgehead atoms. The molecule has 0 unspecified atom stereocenters. The minimum Gasteiger partial charge on any atom is -0.298 e. The van der Waals surface area contributed by atoms with E-state index in [9.17, 15) is 4.79 Å². The number of halogens is 2. The SMILES string of the molecule is Cc1cccc(/C=C/C(=O)Nc2ncc(Cc3cc(Cl)ccc3Cl)s2)c1. The molecule has 0 fully saturated rings. The molecule has 0 radical (unpaired) electrons. The first-order valence-electron chi connectivity index (χ1n) is 7.94. The number of rotatable bonds is 5. The van der Waals surface area contributed by atoms with Crippen molar-refractivity contribution in [2.24, 2.45) is 0 Å². The standard InChI is InChI=1S/C20H16Cl2N2OS/c1-13-3-2-4-14(9-13)5-8-19(25)24-20-23-12-17(26-20)11-15-10-16(21)6-7-18(15)22/h2-10,12H,11H2,1H3,(H,23,24,25)/b8-5+. The van der Waals surface area contributed by atoms with E-state index in [1.54, 1.807) is 24.4 Å². The molecule has 1 aromatic heterocycles. The Morgan fingerprint density at radius 2 is 2.08 bits per heavy atom. The van der Waals surface area contributed by atoms with Crippen LogP contribution < -0.4 is 5.32 Å². The maximum atomic E-state index is 12.1. The summed E-state index contributed by atoms with van der Waals surface area (Å²) in [5.74, 6) is -0.215. The van der Waals surface area contributed by atoms with Crippen LogP contribution in [0.3, 0.4) is 0 Å². The molecule has 0 saturated carbocycles. The Balaban J connectivity index is 1.63. The van der Waals surface area contributed by atoms with Crippen molar-refractivity contribution in [3.05, 3.63) is 86.4 Å². The molecule has 0 aliphatic heterocycles. The largest absolute Gasteiger partial charge is 0.298 e. The van der Waals surface area contributed by atoms with Crippen LogP contribution in [-0.4, -0.2) is 10.9 Å². The normalized spacial score (nSPS) is 11.0. The highest BCUT2D eigenvalue weighted by atomic mass is 35.5. The Kier molecular flexibility index (Phi) is 6.09. The monoisotopic (exact) mass is 402 g/mol.